The van der Waals surface area contributed by atoms with Crippen LogP contribution >= 0.6 is 0 Å². The van der Waals surface area contributed by atoms with E-state index in [1.807, 2.05) is 11.8 Å². The van der Waals surface area contributed by atoms with E-state index in [9.17, 15) is 10.1 Å². The highest BCUT2D eigenvalue weighted by atomic mass is 16.9. The Bertz CT molecular complexity index is 212. The zero-order chi connectivity index (χ0) is 7.11. The van der Waals surface area contributed by atoms with E-state index in [4.69, 9.17) is 5.11 Å². The van der Waals surface area contributed by atoms with E-state index in [1.165, 1.54) is 6.11 Å². The van der Waals surface area contributed by atoms with E-state index in [0.717, 1.165) is 0 Å². The van der Waals surface area contributed by atoms with Crippen molar-refractivity contribution in [3.05, 3.63) is 10.1 Å². The maximum atomic E-state index is 9.33. The fraction of sp³-hybridized carbons (Fsp3) is 0. The average molecular weight is 127 g/mol. The lowest BCUT2D eigenvalue weighted by Gasteiger charge is -1.74. The van der Waals surface area contributed by atoms with Crippen LogP contribution in [0, 0.1) is 34.2 Å². The van der Waals surface area contributed by atoms with Crippen LogP contribution in [0.15, 0.2) is 0 Å². The van der Waals surface area contributed by atoms with Crippen LogP contribution in [0.1, 0.15) is 0 Å². The van der Waals surface area contributed by atoms with Crippen LogP contribution in [-0.4, -0.2) is 10.2 Å². The van der Waals surface area contributed by atoms with Gasteiger partial charge >= 0.3 is 5.09 Å². The average Bonchev–Trinajstić information content (AvgIpc) is 1.80. The quantitative estimate of drug-likeness (QED) is 0.292. The van der Waals surface area contributed by atoms with Gasteiger partial charge in [0.05, 0.1) is 0 Å². The molecule has 5 nitrogen and oxygen atoms in total. The number of hydrogen-bond donors (Lipinski definition) is 1. The highest BCUT2D eigenvalue weighted by Crippen LogP contribution is 1.66. The largest absolute Gasteiger partial charge is 0.461 e. The van der Waals surface area contributed by atoms with Gasteiger partial charge in [-0.05, 0) is 0 Å². The van der Waals surface area contributed by atoms with Crippen LogP contribution in [0.5, 0.6) is 0 Å². The summed E-state index contributed by atoms with van der Waals surface area (Å²) >= 11 is 0. The second-order valence-electron chi connectivity index (χ2n) is 0.779. The minimum absolute atomic E-state index is 1.08. The van der Waals surface area contributed by atoms with Gasteiger partial charge in [-0.1, -0.05) is 0 Å². The summed E-state index contributed by atoms with van der Waals surface area (Å²) in [5, 5.41) is 16.0. The molecule has 9 heavy (non-hydrogen) atoms. The molecular weight excluding hydrogens is 126 g/mol. The molecule has 46 valence electrons. The van der Waals surface area contributed by atoms with Crippen LogP contribution in [0.2, 0.25) is 0 Å². The Morgan fingerprint density at radius 2 is 2.22 bits per heavy atom. The van der Waals surface area contributed by atoms with Gasteiger partial charge in [-0.25, -0.2) is 4.84 Å². The summed E-state index contributed by atoms with van der Waals surface area (Å²) in [6, 6.07) is 0. The van der Waals surface area contributed by atoms with Crippen molar-refractivity contribution in [2.75, 3.05) is 0 Å². The van der Waals surface area contributed by atoms with Crippen LogP contribution in [-0.2, 0) is 4.84 Å². The maximum Gasteiger partial charge on any atom is 0.308 e. The fourth-order valence-corrected chi connectivity index (χ4v) is 0.114. The van der Waals surface area contributed by atoms with Gasteiger partial charge in [0.2, 0.25) is 0 Å². The Balaban J connectivity index is 3.59. The van der Waals surface area contributed by atoms with E-state index < -0.39 is 5.09 Å². The van der Waals surface area contributed by atoms with Crippen LogP contribution < -0.4 is 0 Å². The first-order valence-electron chi connectivity index (χ1n) is 1.73. The highest BCUT2D eigenvalue weighted by molar-refractivity contribution is 5.20. The predicted octanol–water partition coefficient (Wildman–Crippen LogP) is -0.511. The number of aliphatic hydroxyl groups excluding tert-OH is 1. The van der Waals surface area contributed by atoms with Crippen molar-refractivity contribution in [3.63, 3.8) is 0 Å². The molecule has 0 aromatic carbocycles. The minimum Gasteiger partial charge on any atom is -0.461 e. The normalized spacial score (nSPS) is 5.33. The van der Waals surface area contributed by atoms with Crippen molar-refractivity contribution in [1.29, 1.82) is 0 Å². The minimum atomic E-state index is -1.08. The van der Waals surface area contributed by atoms with Crippen LogP contribution in [0.25, 0.3) is 0 Å². The van der Waals surface area contributed by atoms with Gasteiger partial charge in [0.1, 0.15) is 12.2 Å². The molecule has 0 spiro atoms. The van der Waals surface area contributed by atoms with Crippen LogP contribution in [0.3, 0.4) is 0 Å². The third kappa shape index (κ3) is 6.12. The molecule has 0 radical (unpaired) electrons. The molecule has 0 atom stereocenters. The molecule has 0 saturated heterocycles. The van der Waals surface area contributed by atoms with Gasteiger partial charge in [-0.3, -0.25) is 0 Å². The molecule has 0 unspecified atom stereocenters. The number of rotatable bonds is 1. The number of hydrogen-bond acceptors (Lipinski definition) is 4. The summed E-state index contributed by atoms with van der Waals surface area (Å²) in [6.07, 6.45) is 3.02. The standard InChI is InChI=1S/C4HNO4/c6-3-1-2-4-9-5(7)8/h6H. The summed E-state index contributed by atoms with van der Waals surface area (Å²) in [7, 11) is 0. The molecule has 0 fully saturated rings. The summed E-state index contributed by atoms with van der Waals surface area (Å²) in [5.74, 6) is 3.66. The first-order valence-corrected chi connectivity index (χ1v) is 1.73. The summed E-state index contributed by atoms with van der Waals surface area (Å²) in [6.45, 7) is 0. The zero-order valence-corrected chi connectivity index (χ0v) is 4.12. The summed E-state index contributed by atoms with van der Waals surface area (Å²) in [4.78, 5) is 12.8. The van der Waals surface area contributed by atoms with E-state index in [-0.39, 0.29) is 0 Å². The SMILES string of the molecule is O=[N+]([O-])OC#CC#CO. The topological polar surface area (TPSA) is 72.6 Å². The molecule has 0 bridgehead atoms. The molecule has 0 aliphatic heterocycles. The predicted molar refractivity (Wildman–Crippen MR) is 25.6 cm³/mol. The second-order valence-corrected chi connectivity index (χ2v) is 0.779. The monoisotopic (exact) mass is 127 g/mol. The Hall–Kier alpha value is -1.88. The van der Waals surface area contributed by atoms with Crippen molar-refractivity contribution in [3.8, 4) is 24.1 Å². The first kappa shape index (κ1) is 7.12. The maximum absolute atomic E-state index is 9.33. The third-order valence-electron chi connectivity index (χ3n) is 0.290. The first-order chi connectivity index (χ1) is 4.27. The molecule has 0 aromatic rings. The molecule has 0 aromatic heterocycles. The van der Waals surface area contributed by atoms with Crippen molar-refractivity contribution in [1.82, 2.24) is 0 Å². The molecule has 0 aliphatic rings. The van der Waals surface area contributed by atoms with Crippen molar-refractivity contribution >= 4 is 0 Å². The van der Waals surface area contributed by atoms with Gasteiger partial charge in [0.15, 0.2) is 0 Å². The Morgan fingerprint density at radius 3 is 2.67 bits per heavy atom. The third-order valence-corrected chi connectivity index (χ3v) is 0.290. The van der Waals surface area contributed by atoms with E-state index in [0.29, 0.717) is 0 Å². The zero-order valence-electron chi connectivity index (χ0n) is 4.12. The fourth-order valence-electron chi connectivity index (χ4n) is 0.114. The second kappa shape index (κ2) is 4.28. The van der Waals surface area contributed by atoms with E-state index in [2.05, 4.69) is 4.84 Å². The lowest BCUT2D eigenvalue weighted by molar-refractivity contribution is -0.731. The highest BCUT2D eigenvalue weighted by Gasteiger charge is 1.83. The smallest absolute Gasteiger partial charge is 0.308 e. The Labute approximate surface area is 50.3 Å². The lowest BCUT2D eigenvalue weighted by Crippen LogP contribution is -1.91. The molecule has 0 heterocycles. The summed E-state index contributed by atoms with van der Waals surface area (Å²) in [5.41, 5.74) is 0. The van der Waals surface area contributed by atoms with Gasteiger partial charge in [0, 0.05) is 11.8 Å². The Kier molecular flexibility index (Phi) is 3.39. The van der Waals surface area contributed by atoms with Crippen molar-refractivity contribution in [2.24, 2.45) is 0 Å². The lowest BCUT2D eigenvalue weighted by atomic mass is 10.7. The van der Waals surface area contributed by atoms with Gasteiger partial charge in [0.25, 0.3) is 0 Å². The van der Waals surface area contributed by atoms with Gasteiger partial charge in [-0.2, -0.15) is 0 Å². The van der Waals surface area contributed by atoms with E-state index >= 15 is 0 Å². The Morgan fingerprint density at radius 1 is 1.56 bits per heavy atom. The number of aliphatic hydroxyl groups is 1. The molecule has 5 heteroatoms. The molecule has 0 aliphatic carbocycles. The van der Waals surface area contributed by atoms with Crippen molar-refractivity contribution < 1.29 is 15.0 Å². The summed E-state index contributed by atoms with van der Waals surface area (Å²) < 4.78 is 0. The van der Waals surface area contributed by atoms with Crippen LogP contribution in [0.4, 0.5) is 0 Å². The van der Waals surface area contributed by atoms with Gasteiger partial charge in [-0.15, -0.1) is 10.1 Å². The van der Waals surface area contributed by atoms with Crippen molar-refractivity contribution in [2.45, 2.75) is 0 Å². The molecule has 0 amide bonds. The molecule has 1 N–H and O–H groups in total. The number of nitrogens with zero attached hydrogens (tertiary/aromatic N) is 1. The molecule has 0 saturated carbocycles. The molecule has 0 rings (SSSR count). The van der Waals surface area contributed by atoms with E-state index in [1.54, 1.807) is 6.11 Å². The molecular formula is C4HNO4. The van der Waals surface area contributed by atoms with Gasteiger partial charge < -0.3 is 5.11 Å².